The van der Waals surface area contributed by atoms with E-state index >= 15 is 0 Å². The van der Waals surface area contributed by atoms with E-state index in [1.54, 1.807) is 17.4 Å². The molecule has 0 aliphatic carbocycles. The van der Waals surface area contributed by atoms with Gasteiger partial charge < -0.3 is 15.4 Å². The van der Waals surface area contributed by atoms with E-state index in [1.807, 2.05) is 35.7 Å². The van der Waals surface area contributed by atoms with Crippen molar-refractivity contribution >= 4 is 29.7 Å². The number of carbonyl (C=O) groups excluding carboxylic acids is 1. The number of carbonyl (C=O) groups is 1. The third-order valence-corrected chi connectivity index (χ3v) is 4.54. The van der Waals surface area contributed by atoms with Crippen molar-refractivity contribution in [3.63, 3.8) is 0 Å². The normalized spacial score (nSPS) is 17.1. The summed E-state index contributed by atoms with van der Waals surface area (Å²) < 4.78 is 5.75. The van der Waals surface area contributed by atoms with Gasteiger partial charge >= 0.3 is 0 Å². The Hall–Kier alpha value is -1.56. The molecule has 2 N–H and O–H groups in total. The predicted octanol–water partition coefficient (Wildman–Crippen LogP) is 3.23. The van der Waals surface area contributed by atoms with Gasteiger partial charge in [0.05, 0.1) is 0 Å². The number of ether oxygens (including phenoxy) is 1. The highest BCUT2D eigenvalue weighted by Gasteiger charge is 2.16. The lowest BCUT2D eigenvalue weighted by Gasteiger charge is -2.23. The highest BCUT2D eigenvalue weighted by molar-refractivity contribution is 7.09. The van der Waals surface area contributed by atoms with Gasteiger partial charge in [-0.05, 0) is 49.0 Å². The SMILES string of the molecule is Cl.O=C(N[C@H]1CCCNC1)c1cccc(OCc2cccs2)c1. The van der Waals surface area contributed by atoms with Gasteiger partial charge in [0.25, 0.3) is 5.91 Å². The van der Waals surface area contributed by atoms with E-state index in [1.165, 1.54) is 4.88 Å². The van der Waals surface area contributed by atoms with Crippen molar-refractivity contribution in [3.8, 4) is 5.75 Å². The zero-order valence-electron chi connectivity index (χ0n) is 12.8. The summed E-state index contributed by atoms with van der Waals surface area (Å²) in [7, 11) is 0. The molecule has 124 valence electrons. The average molecular weight is 353 g/mol. The Morgan fingerprint density at radius 1 is 1.35 bits per heavy atom. The Morgan fingerprint density at radius 3 is 3.00 bits per heavy atom. The smallest absolute Gasteiger partial charge is 0.251 e. The number of thiophene rings is 1. The van der Waals surface area contributed by atoms with Crippen LogP contribution in [0.2, 0.25) is 0 Å². The second kappa shape index (κ2) is 8.91. The van der Waals surface area contributed by atoms with E-state index in [0.29, 0.717) is 12.2 Å². The molecule has 1 saturated heterocycles. The van der Waals surface area contributed by atoms with E-state index in [2.05, 4.69) is 10.6 Å². The zero-order chi connectivity index (χ0) is 15.2. The number of piperidine rings is 1. The number of halogens is 1. The fourth-order valence-electron chi connectivity index (χ4n) is 2.52. The lowest BCUT2D eigenvalue weighted by molar-refractivity contribution is 0.0930. The van der Waals surface area contributed by atoms with Gasteiger partial charge in [0, 0.05) is 23.0 Å². The highest BCUT2D eigenvalue weighted by Crippen LogP contribution is 2.17. The van der Waals surface area contributed by atoms with E-state index in [4.69, 9.17) is 4.74 Å². The monoisotopic (exact) mass is 352 g/mol. The van der Waals surface area contributed by atoms with Crippen LogP contribution in [-0.4, -0.2) is 25.0 Å². The predicted molar refractivity (Wildman–Crippen MR) is 95.7 cm³/mol. The molecule has 1 atom stereocenters. The van der Waals surface area contributed by atoms with Gasteiger partial charge in [-0.3, -0.25) is 4.79 Å². The van der Waals surface area contributed by atoms with Gasteiger partial charge in [-0.25, -0.2) is 0 Å². The summed E-state index contributed by atoms with van der Waals surface area (Å²) in [6.07, 6.45) is 2.14. The molecule has 0 unspecified atom stereocenters. The quantitative estimate of drug-likeness (QED) is 0.868. The van der Waals surface area contributed by atoms with Crippen molar-refractivity contribution in [2.75, 3.05) is 13.1 Å². The Kier molecular flexibility index (Phi) is 6.89. The van der Waals surface area contributed by atoms with Gasteiger partial charge in [0.15, 0.2) is 0 Å². The minimum Gasteiger partial charge on any atom is -0.488 e. The summed E-state index contributed by atoms with van der Waals surface area (Å²) in [6.45, 7) is 2.42. The number of hydrogen-bond acceptors (Lipinski definition) is 4. The summed E-state index contributed by atoms with van der Waals surface area (Å²) >= 11 is 1.66. The fraction of sp³-hybridized carbons (Fsp3) is 0.353. The number of rotatable bonds is 5. The van der Waals surface area contributed by atoms with Crippen LogP contribution in [0.4, 0.5) is 0 Å². The first-order chi connectivity index (χ1) is 10.8. The number of amides is 1. The lowest BCUT2D eigenvalue weighted by Crippen LogP contribution is -2.45. The molecule has 1 aromatic carbocycles. The topological polar surface area (TPSA) is 50.4 Å². The lowest BCUT2D eigenvalue weighted by atomic mass is 10.1. The molecule has 6 heteroatoms. The third-order valence-electron chi connectivity index (χ3n) is 3.69. The highest BCUT2D eigenvalue weighted by atomic mass is 35.5. The van der Waals surface area contributed by atoms with Crippen molar-refractivity contribution in [2.24, 2.45) is 0 Å². The molecule has 0 bridgehead atoms. The molecule has 1 aliphatic heterocycles. The maximum Gasteiger partial charge on any atom is 0.251 e. The van der Waals surface area contributed by atoms with Crippen molar-refractivity contribution in [2.45, 2.75) is 25.5 Å². The van der Waals surface area contributed by atoms with Crippen molar-refractivity contribution in [1.29, 1.82) is 0 Å². The second-order valence-corrected chi connectivity index (χ2v) is 6.44. The molecule has 2 aromatic rings. The number of hydrogen-bond donors (Lipinski definition) is 2. The summed E-state index contributed by atoms with van der Waals surface area (Å²) in [6, 6.07) is 11.6. The summed E-state index contributed by atoms with van der Waals surface area (Å²) in [4.78, 5) is 13.5. The van der Waals surface area contributed by atoms with Crippen molar-refractivity contribution in [3.05, 3.63) is 52.2 Å². The van der Waals surface area contributed by atoms with Crippen LogP contribution in [0, 0.1) is 0 Å². The van der Waals surface area contributed by atoms with E-state index < -0.39 is 0 Å². The van der Waals surface area contributed by atoms with E-state index in [-0.39, 0.29) is 24.4 Å². The minimum atomic E-state index is -0.0322. The van der Waals surface area contributed by atoms with Crippen LogP contribution >= 0.6 is 23.7 Å². The first-order valence-corrected chi connectivity index (χ1v) is 8.46. The fourth-order valence-corrected chi connectivity index (χ4v) is 3.14. The molecule has 1 fully saturated rings. The third kappa shape index (κ3) is 5.23. The summed E-state index contributed by atoms with van der Waals surface area (Å²) in [5.74, 6) is 0.693. The average Bonchev–Trinajstić information content (AvgIpc) is 3.08. The van der Waals surface area contributed by atoms with Gasteiger partial charge in [0.2, 0.25) is 0 Å². The Balaban J connectivity index is 0.00000192. The van der Waals surface area contributed by atoms with Crippen molar-refractivity contribution in [1.82, 2.24) is 10.6 Å². The van der Waals surface area contributed by atoms with Gasteiger partial charge in [-0.15, -0.1) is 23.7 Å². The minimum absolute atomic E-state index is 0. The Labute approximate surface area is 146 Å². The summed E-state index contributed by atoms with van der Waals surface area (Å²) in [5.41, 5.74) is 0.647. The van der Waals surface area contributed by atoms with Crippen LogP contribution in [-0.2, 0) is 6.61 Å². The standard InChI is InChI=1S/C17H20N2O2S.ClH/c20-17(19-14-5-2-8-18-11-14)13-4-1-6-15(10-13)21-12-16-7-3-9-22-16;/h1,3-4,6-7,9-10,14,18H,2,5,8,11-12H2,(H,19,20);1H/t14-;/m0./s1. The van der Waals surface area contributed by atoms with Gasteiger partial charge in [-0.1, -0.05) is 12.1 Å². The van der Waals surface area contributed by atoms with Gasteiger partial charge in [0.1, 0.15) is 12.4 Å². The molecule has 3 rings (SSSR count). The Morgan fingerprint density at radius 2 is 2.26 bits per heavy atom. The van der Waals surface area contributed by atoms with Crippen LogP contribution < -0.4 is 15.4 Å². The summed E-state index contributed by atoms with van der Waals surface area (Å²) in [5, 5.41) is 8.41. The molecule has 2 heterocycles. The van der Waals surface area contributed by atoms with E-state index in [9.17, 15) is 4.79 Å². The van der Waals surface area contributed by atoms with Crippen LogP contribution in [0.15, 0.2) is 41.8 Å². The molecular formula is C17H21ClN2O2S. The maximum atomic E-state index is 12.3. The molecule has 1 aromatic heterocycles. The first kappa shape index (κ1) is 17.8. The molecule has 0 radical (unpaired) electrons. The molecule has 4 nitrogen and oxygen atoms in total. The molecule has 0 spiro atoms. The van der Waals surface area contributed by atoms with Crippen molar-refractivity contribution < 1.29 is 9.53 Å². The molecular weight excluding hydrogens is 332 g/mol. The van der Waals surface area contributed by atoms with Crippen LogP contribution in [0.5, 0.6) is 5.75 Å². The van der Waals surface area contributed by atoms with E-state index in [0.717, 1.165) is 31.7 Å². The molecule has 1 amide bonds. The first-order valence-electron chi connectivity index (χ1n) is 7.58. The van der Waals surface area contributed by atoms with Crippen LogP contribution in [0.25, 0.3) is 0 Å². The Bertz CT molecular complexity index is 613. The van der Waals surface area contributed by atoms with Crippen LogP contribution in [0.3, 0.4) is 0 Å². The van der Waals surface area contributed by atoms with Gasteiger partial charge in [-0.2, -0.15) is 0 Å². The number of nitrogens with one attached hydrogen (secondary N) is 2. The second-order valence-electron chi connectivity index (χ2n) is 5.41. The largest absolute Gasteiger partial charge is 0.488 e. The molecule has 0 saturated carbocycles. The maximum absolute atomic E-state index is 12.3. The zero-order valence-corrected chi connectivity index (χ0v) is 14.4. The van der Waals surface area contributed by atoms with Crippen LogP contribution in [0.1, 0.15) is 28.1 Å². The number of benzene rings is 1. The molecule has 1 aliphatic rings. The molecule has 23 heavy (non-hydrogen) atoms.